The standard InChI is InChI=1S/C13H25N3/c1-5-7-8-16-11(4)13(10(3)15-16)9-12(14)6-2/h12H,5-9,14H2,1-4H3. The van der Waals surface area contributed by atoms with Crippen molar-refractivity contribution in [3.63, 3.8) is 0 Å². The van der Waals surface area contributed by atoms with E-state index in [0.717, 1.165) is 25.1 Å². The first-order valence-corrected chi connectivity index (χ1v) is 6.38. The fourth-order valence-electron chi connectivity index (χ4n) is 1.96. The molecule has 0 aromatic carbocycles. The number of hydrogen-bond donors (Lipinski definition) is 1. The molecule has 1 unspecified atom stereocenters. The Morgan fingerprint density at radius 3 is 2.56 bits per heavy atom. The van der Waals surface area contributed by atoms with Gasteiger partial charge in [-0.25, -0.2) is 0 Å². The minimum atomic E-state index is 0.265. The highest BCUT2D eigenvalue weighted by atomic mass is 15.3. The maximum absolute atomic E-state index is 6.02. The molecule has 0 radical (unpaired) electrons. The summed E-state index contributed by atoms with van der Waals surface area (Å²) >= 11 is 0. The first-order chi connectivity index (χ1) is 7.60. The van der Waals surface area contributed by atoms with Gasteiger partial charge in [0.05, 0.1) is 5.69 Å². The molecule has 3 nitrogen and oxygen atoms in total. The van der Waals surface area contributed by atoms with Gasteiger partial charge in [0.25, 0.3) is 0 Å². The van der Waals surface area contributed by atoms with Crippen LogP contribution in [0.15, 0.2) is 0 Å². The predicted octanol–water partition coefficient (Wildman–Crippen LogP) is 2.58. The quantitative estimate of drug-likeness (QED) is 0.805. The molecule has 1 atom stereocenters. The second-order valence-electron chi connectivity index (χ2n) is 4.60. The molecule has 0 spiro atoms. The maximum atomic E-state index is 6.02. The van der Waals surface area contributed by atoms with Crippen molar-refractivity contribution in [3.05, 3.63) is 17.0 Å². The summed E-state index contributed by atoms with van der Waals surface area (Å²) in [4.78, 5) is 0. The molecule has 3 heteroatoms. The Bertz CT molecular complexity index is 328. The zero-order valence-corrected chi connectivity index (χ0v) is 11.1. The van der Waals surface area contributed by atoms with Crippen LogP contribution in [-0.4, -0.2) is 15.8 Å². The Hall–Kier alpha value is -0.830. The Balaban J connectivity index is 2.80. The summed E-state index contributed by atoms with van der Waals surface area (Å²) in [5.74, 6) is 0. The minimum Gasteiger partial charge on any atom is -0.327 e. The molecule has 0 aliphatic heterocycles. The summed E-state index contributed by atoms with van der Waals surface area (Å²) in [6.07, 6.45) is 4.39. The Labute approximate surface area is 99.0 Å². The third-order valence-corrected chi connectivity index (χ3v) is 3.25. The number of nitrogens with zero attached hydrogens (tertiary/aromatic N) is 2. The van der Waals surface area contributed by atoms with Gasteiger partial charge in [-0.15, -0.1) is 0 Å². The van der Waals surface area contributed by atoms with Crippen molar-refractivity contribution in [2.75, 3.05) is 0 Å². The highest BCUT2D eigenvalue weighted by Gasteiger charge is 2.13. The van der Waals surface area contributed by atoms with Crippen LogP contribution in [0.2, 0.25) is 0 Å². The molecule has 1 rings (SSSR count). The van der Waals surface area contributed by atoms with Gasteiger partial charge in [0.2, 0.25) is 0 Å². The average molecular weight is 223 g/mol. The molecule has 1 aromatic heterocycles. The fourth-order valence-corrected chi connectivity index (χ4v) is 1.96. The molecule has 16 heavy (non-hydrogen) atoms. The van der Waals surface area contributed by atoms with Crippen molar-refractivity contribution < 1.29 is 0 Å². The zero-order chi connectivity index (χ0) is 12.1. The summed E-state index contributed by atoms with van der Waals surface area (Å²) in [5, 5.41) is 4.60. The summed E-state index contributed by atoms with van der Waals surface area (Å²) in [5.41, 5.74) is 9.82. The number of hydrogen-bond acceptors (Lipinski definition) is 2. The second kappa shape index (κ2) is 6.04. The molecule has 0 aliphatic rings. The van der Waals surface area contributed by atoms with Crippen LogP contribution in [0.4, 0.5) is 0 Å². The van der Waals surface area contributed by atoms with E-state index in [-0.39, 0.29) is 6.04 Å². The topological polar surface area (TPSA) is 43.8 Å². The monoisotopic (exact) mass is 223 g/mol. The van der Waals surface area contributed by atoms with Gasteiger partial charge in [-0.05, 0) is 38.7 Å². The SMILES string of the molecule is CCCCn1nc(C)c(CC(N)CC)c1C. The van der Waals surface area contributed by atoms with Gasteiger partial charge in [0.15, 0.2) is 0 Å². The number of nitrogens with two attached hydrogens (primary N) is 1. The summed E-state index contributed by atoms with van der Waals surface area (Å²) in [6.45, 7) is 9.63. The molecule has 1 heterocycles. The molecule has 92 valence electrons. The first-order valence-electron chi connectivity index (χ1n) is 6.38. The molecule has 0 saturated carbocycles. The molecular formula is C13H25N3. The lowest BCUT2D eigenvalue weighted by Crippen LogP contribution is -2.22. The lowest BCUT2D eigenvalue weighted by atomic mass is 10.0. The molecular weight excluding hydrogens is 198 g/mol. The molecule has 0 aliphatic carbocycles. The van der Waals surface area contributed by atoms with Gasteiger partial charge < -0.3 is 5.73 Å². The van der Waals surface area contributed by atoms with Crippen molar-refractivity contribution in [2.24, 2.45) is 5.73 Å². The van der Waals surface area contributed by atoms with Crippen LogP contribution >= 0.6 is 0 Å². The van der Waals surface area contributed by atoms with E-state index in [0.29, 0.717) is 0 Å². The number of aryl methyl sites for hydroxylation is 2. The van der Waals surface area contributed by atoms with Crippen molar-refractivity contribution in [3.8, 4) is 0 Å². The van der Waals surface area contributed by atoms with Crippen LogP contribution in [0.25, 0.3) is 0 Å². The number of rotatable bonds is 6. The van der Waals surface area contributed by atoms with Gasteiger partial charge in [-0.3, -0.25) is 4.68 Å². The van der Waals surface area contributed by atoms with E-state index in [2.05, 4.69) is 37.5 Å². The van der Waals surface area contributed by atoms with Gasteiger partial charge in [0, 0.05) is 18.3 Å². The summed E-state index contributed by atoms with van der Waals surface area (Å²) in [7, 11) is 0. The lowest BCUT2D eigenvalue weighted by Gasteiger charge is -2.09. The smallest absolute Gasteiger partial charge is 0.0629 e. The molecule has 2 N–H and O–H groups in total. The third-order valence-electron chi connectivity index (χ3n) is 3.25. The van der Waals surface area contributed by atoms with Crippen LogP contribution in [0, 0.1) is 13.8 Å². The van der Waals surface area contributed by atoms with Crippen LogP contribution < -0.4 is 5.73 Å². The van der Waals surface area contributed by atoms with E-state index in [1.54, 1.807) is 0 Å². The van der Waals surface area contributed by atoms with Crippen molar-refractivity contribution in [2.45, 2.75) is 66.0 Å². The maximum Gasteiger partial charge on any atom is 0.0629 e. The van der Waals surface area contributed by atoms with Gasteiger partial charge >= 0.3 is 0 Å². The Morgan fingerprint density at radius 1 is 1.31 bits per heavy atom. The van der Waals surface area contributed by atoms with Crippen molar-refractivity contribution >= 4 is 0 Å². The van der Waals surface area contributed by atoms with E-state index in [1.165, 1.54) is 24.1 Å². The minimum absolute atomic E-state index is 0.265. The normalized spacial score (nSPS) is 13.1. The van der Waals surface area contributed by atoms with Crippen molar-refractivity contribution in [1.82, 2.24) is 9.78 Å². The Morgan fingerprint density at radius 2 is 2.00 bits per heavy atom. The summed E-state index contributed by atoms with van der Waals surface area (Å²) in [6, 6.07) is 0.265. The predicted molar refractivity (Wildman–Crippen MR) is 68.6 cm³/mol. The zero-order valence-electron chi connectivity index (χ0n) is 11.1. The lowest BCUT2D eigenvalue weighted by molar-refractivity contribution is 0.554. The number of aromatic nitrogens is 2. The van der Waals surface area contributed by atoms with Crippen LogP contribution in [0.1, 0.15) is 50.1 Å². The van der Waals surface area contributed by atoms with E-state index >= 15 is 0 Å². The molecule has 0 amide bonds. The average Bonchev–Trinajstić information content (AvgIpc) is 2.53. The van der Waals surface area contributed by atoms with Crippen LogP contribution in [0.3, 0.4) is 0 Å². The highest BCUT2D eigenvalue weighted by molar-refractivity contribution is 5.25. The molecule has 0 bridgehead atoms. The van der Waals surface area contributed by atoms with Crippen LogP contribution in [0.5, 0.6) is 0 Å². The largest absolute Gasteiger partial charge is 0.327 e. The van der Waals surface area contributed by atoms with E-state index in [4.69, 9.17) is 5.73 Å². The molecule has 0 fully saturated rings. The van der Waals surface area contributed by atoms with Crippen LogP contribution in [-0.2, 0) is 13.0 Å². The summed E-state index contributed by atoms with van der Waals surface area (Å²) < 4.78 is 2.14. The van der Waals surface area contributed by atoms with Gasteiger partial charge in [-0.2, -0.15) is 5.10 Å². The molecule has 0 saturated heterocycles. The highest BCUT2D eigenvalue weighted by Crippen LogP contribution is 2.16. The number of unbranched alkanes of at least 4 members (excludes halogenated alkanes) is 1. The second-order valence-corrected chi connectivity index (χ2v) is 4.60. The third kappa shape index (κ3) is 3.08. The molecule has 1 aromatic rings. The van der Waals surface area contributed by atoms with Gasteiger partial charge in [-0.1, -0.05) is 20.3 Å². The first kappa shape index (κ1) is 13.2. The van der Waals surface area contributed by atoms with Crippen molar-refractivity contribution in [1.29, 1.82) is 0 Å². The van der Waals surface area contributed by atoms with E-state index < -0.39 is 0 Å². The van der Waals surface area contributed by atoms with E-state index in [9.17, 15) is 0 Å². The van der Waals surface area contributed by atoms with E-state index in [1.807, 2.05) is 0 Å². The fraction of sp³-hybridized carbons (Fsp3) is 0.769. The van der Waals surface area contributed by atoms with Gasteiger partial charge in [0.1, 0.15) is 0 Å². The Kier molecular flexibility index (Phi) is 5.00.